The van der Waals surface area contributed by atoms with Crippen LogP contribution in [0.5, 0.6) is 5.75 Å². The minimum absolute atomic E-state index is 0.257. The number of terminal acetylenes is 1. The van der Waals surface area contributed by atoms with Crippen LogP contribution in [0.25, 0.3) is 0 Å². The maximum atomic E-state index is 9.92. The van der Waals surface area contributed by atoms with E-state index in [1.165, 1.54) is 5.56 Å². The zero-order valence-electron chi connectivity index (χ0n) is 13.8. The quantitative estimate of drug-likeness (QED) is 0.568. The Bertz CT molecular complexity index is 490. The summed E-state index contributed by atoms with van der Waals surface area (Å²) in [5.74, 6) is 3.29. The first-order valence-corrected chi connectivity index (χ1v) is 7.98. The summed E-state index contributed by atoms with van der Waals surface area (Å²) in [5, 5.41) is 9.92. The van der Waals surface area contributed by atoms with Gasteiger partial charge in [-0.2, -0.15) is 0 Å². The molecule has 1 unspecified atom stereocenters. The third-order valence-electron chi connectivity index (χ3n) is 3.99. The van der Waals surface area contributed by atoms with Crippen LogP contribution in [0.1, 0.15) is 5.56 Å². The second kappa shape index (κ2) is 9.53. The lowest BCUT2D eigenvalue weighted by Crippen LogP contribution is -2.48. The fraction of sp³-hybridized carbons (Fsp3) is 0.556. The van der Waals surface area contributed by atoms with Gasteiger partial charge in [0.25, 0.3) is 0 Å². The highest BCUT2D eigenvalue weighted by Crippen LogP contribution is 2.14. The molecule has 1 aliphatic heterocycles. The normalized spacial score (nSPS) is 17.6. The van der Waals surface area contributed by atoms with E-state index in [-0.39, 0.29) is 6.61 Å². The van der Waals surface area contributed by atoms with Gasteiger partial charge in [-0.05, 0) is 17.7 Å². The molecule has 1 atom stereocenters. The molecule has 0 saturated carbocycles. The van der Waals surface area contributed by atoms with Crippen LogP contribution >= 0.6 is 0 Å². The minimum Gasteiger partial charge on any atom is -0.497 e. The zero-order chi connectivity index (χ0) is 16.5. The number of aliphatic hydroxyl groups is 1. The highest BCUT2D eigenvalue weighted by molar-refractivity contribution is 5.27. The van der Waals surface area contributed by atoms with E-state index >= 15 is 0 Å². The van der Waals surface area contributed by atoms with E-state index in [1.807, 2.05) is 12.1 Å². The molecule has 2 rings (SSSR count). The average molecular weight is 318 g/mol. The van der Waals surface area contributed by atoms with Crippen molar-refractivity contribution in [2.24, 2.45) is 0 Å². The summed E-state index contributed by atoms with van der Waals surface area (Å²) in [5.41, 5.74) is 1.29. The fourth-order valence-electron chi connectivity index (χ4n) is 2.72. The summed E-state index contributed by atoms with van der Waals surface area (Å²) in [4.78, 5) is 4.70. The molecule has 23 heavy (non-hydrogen) atoms. The molecule has 1 aromatic carbocycles. The smallest absolute Gasteiger partial charge is 0.118 e. The maximum Gasteiger partial charge on any atom is 0.118 e. The molecule has 0 amide bonds. The number of aliphatic hydroxyl groups excluding tert-OH is 1. The van der Waals surface area contributed by atoms with E-state index in [0.29, 0.717) is 13.2 Å². The largest absolute Gasteiger partial charge is 0.497 e. The molecule has 1 saturated heterocycles. The molecule has 1 aliphatic rings. The summed E-state index contributed by atoms with van der Waals surface area (Å²) < 4.78 is 10.4. The van der Waals surface area contributed by atoms with Gasteiger partial charge in [0.15, 0.2) is 0 Å². The third kappa shape index (κ3) is 6.20. The van der Waals surface area contributed by atoms with Gasteiger partial charge in [0, 0.05) is 39.3 Å². The summed E-state index contributed by atoms with van der Waals surface area (Å²) >= 11 is 0. The van der Waals surface area contributed by atoms with Crippen molar-refractivity contribution in [1.82, 2.24) is 9.80 Å². The number of rotatable bonds is 8. The number of β-amino-alcohol motifs (C(OH)–C–C–N with tert-alkyl or cyclic N) is 1. The van der Waals surface area contributed by atoms with Crippen LogP contribution in [0, 0.1) is 12.3 Å². The van der Waals surface area contributed by atoms with Gasteiger partial charge in [-0.25, -0.2) is 0 Å². The summed E-state index contributed by atoms with van der Waals surface area (Å²) in [7, 11) is 1.68. The topological polar surface area (TPSA) is 45.2 Å². The predicted molar refractivity (Wildman–Crippen MR) is 90.4 cm³/mol. The average Bonchev–Trinajstić information content (AvgIpc) is 2.57. The molecule has 5 nitrogen and oxygen atoms in total. The Morgan fingerprint density at radius 2 is 1.83 bits per heavy atom. The van der Waals surface area contributed by atoms with Crippen LogP contribution < -0.4 is 4.74 Å². The van der Waals surface area contributed by atoms with Crippen molar-refractivity contribution < 1.29 is 14.6 Å². The minimum atomic E-state index is -0.475. The molecule has 1 aromatic rings. The van der Waals surface area contributed by atoms with E-state index in [1.54, 1.807) is 7.11 Å². The van der Waals surface area contributed by atoms with Crippen molar-refractivity contribution in [3.05, 3.63) is 29.8 Å². The third-order valence-corrected chi connectivity index (χ3v) is 3.99. The summed E-state index contributed by atoms with van der Waals surface area (Å²) in [6, 6.07) is 8.21. The first-order chi connectivity index (χ1) is 11.2. The summed E-state index contributed by atoms with van der Waals surface area (Å²) in [6.45, 7) is 6.08. The number of benzene rings is 1. The van der Waals surface area contributed by atoms with Gasteiger partial charge in [0.1, 0.15) is 12.4 Å². The molecular formula is C18H26N2O3. The molecule has 126 valence electrons. The van der Waals surface area contributed by atoms with Crippen molar-refractivity contribution in [2.75, 3.05) is 53.0 Å². The fourth-order valence-corrected chi connectivity index (χ4v) is 2.72. The molecule has 1 N–H and O–H groups in total. The standard InChI is InChI=1S/C18H26N2O3/c1-3-12-23-15-17(21)14-20-10-8-19(9-11-20)13-16-4-6-18(22-2)7-5-16/h1,4-7,17,21H,8-15H2,2H3. The number of hydrogen-bond donors (Lipinski definition) is 1. The van der Waals surface area contributed by atoms with Crippen molar-refractivity contribution in [3.8, 4) is 18.1 Å². The Kier molecular flexibility index (Phi) is 7.37. The van der Waals surface area contributed by atoms with Gasteiger partial charge >= 0.3 is 0 Å². The first kappa shape index (κ1) is 17.8. The highest BCUT2D eigenvalue weighted by Gasteiger charge is 2.19. The lowest BCUT2D eigenvalue weighted by molar-refractivity contribution is 0.0154. The number of nitrogens with zero attached hydrogens (tertiary/aromatic N) is 2. The molecule has 1 fully saturated rings. The van der Waals surface area contributed by atoms with Crippen LogP contribution in [0.2, 0.25) is 0 Å². The molecular weight excluding hydrogens is 292 g/mol. The number of piperazine rings is 1. The second-order valence-electron chi connectivity index (χ2n) is 5.80. The summed E-state index contributed by atoms with van der Waals surface area (Å²) in [6.07, 6.45) is 4.64. The van der Waals surface area contributed by atoms with Crippen LogP contribution in [0.3, 0.4) is 0 Å². The van der Waals surface area contributed by atoms with Gasteiger partial charge in [0.05, 0.1) is 19.8 Å². The SMILES string of the molecule is C#CCOCC(O)CN1CCN(Cc2ccc(OC)cc2)CC1. The molecule has 0 aliphatic carbocycles. The van der Waals surface area contributed by atoms with Crippen molar-refractivity contribution >= 4 is 0 Å². The van der Waals surface area contributed by atoms with Gasteiger partial charge < -0.3 is 14.6 Å². The molecule has 1 heterocycles. The van der Waals surface area contributed by atoms with Gasteiger partial charge in [-0.1, -0.05) is 18.1 Å². The van der Waals surface area contributed by atoms with E-state index in [9.17, 15) is 5.11 Å². The van der Waals surface area contributed by atoms with Crippen molar-refractivity contribution in [2.45, 2.75) is 12.6 Å². The number of hydrogen-bond acceptors (Lipinski definition) is 5. The molecule has 0 aromatic heterocycles. The monoisotopic (exact) mass is 318 g/mol. The van der Waals surface area contributed by atoms with E-state index in [4.69, 9.17) is 15.9 Å². The highest BCUT2D eigenvalue weighted by atomic mass is 16.5. The Morgan fingerprint density at radius 3 is 2.43 bits per heavy atom. The van der Waals surface area contributed by atoms with Crippen molar-refractivity contribution in [1.29, 1.82) is 0 Å². The van der Waals surface area contributed by atoms with Gasteiger partial charge in [0.2, 0.25) is 0 Å². The Morgan fingerprint density at radius 1 is 1.17 bits per heavy atom. The van der Waals surface area contributed by atoms with E-state index in [0.717, 1.165) is 38.5 Å². The second-order valence-corrected chi connectivity index (χ2v) is 5.80. The Hall–Kier alpha value is -1.58. The van der Waals surface area contributed by atoms with Crippen molar-refractivity contribution in [3.63, 3.8) is 0 Å². The predicted octanol–water partition coefficient (Wildman–Crippen LogP) is 0.823. The number of ether oxygens (including phenoxy) is 2. The molecule has 0 radical (unpaired) electrons. The molecule has 0 spiro atoms. The lowest BCUT2D eigenvalue weighted by Gasteiger charge is -2.35. The Labute approximate surface area is 138 Å². The first-order valence-electron chi connectivity index (χ1n) is 7.98. The molecule has 0 bridgehead atoms. The lowest BCUT2D eigenvalue weighted by atomic mass is 10.2. The zero-order valence-corrected chi connectivity index (χ0v) is 13.8. The van der Waals surface area contributed by atoms with Crippen LogP contribution in [0.15, 0.2) is 24.3 Å². The van der Waals surface area contributed by atoms with E-state index < -0.39 is 6.10 Å². The van der Waals surface area contributed by atoms with Gasteiger partial charge in [-0.15, -0.1) is 6.42 Å². The maximum absolute atomic E-state index is 9.92. The van der Waals surface area contributed by atoms with E-state index in [2.05, 4.69) is 27.9 Å². The van der Waals surface area contributed by atoms with Crippen LogP contribution in [-0.2, 0) is 11.3 Å². The van der Waals surface area contributed by atoms with Crippen LogP contribution in [-0.4, -0.2) is 74.1 Å². The van der Waals surface area contributed by atoms with Crippen LogP contribution in [0.4, 0.5) is 0 Å². The van der Waals surface area contributed by atoms with Gasteiger partial charge in [-0.3, -0.25) is 9.80 Å². The number of methoxy groups -OCH3 is 1. The Balaban J connectivity index is 1.68. The molecule has 5 heteroatoms.